The number of benzene rings is 1. The van der Waals surface area contributed by atoms with E-state index in [9.17, 15) is 21.6 Å². The Labute approximate surface area is 175 Å². The molecule has 3 rings (SSSR count). The lowest BCUT2D eigenvalue weighted by Gasteiger charge is -2.34. The van der Waals surface area contributed by atoms with E-state index >= 15 is 0 Å². The highest BCUT2D eigenvalue weighted by Gasteiger charge is 2.32. The monoisotopic (exact) mass is 457 g/mol. The molecule has 2 aromatic rings. The van der Waals surface area contributed by atoms with Crippen molar-refractivity contribution in [2.24, 2.45) is 5.14 Å². The van der Waals surface area contributed by atoms with Gasteiger partial charge in [-0.05, 0) is 49.6 Å². The molecule has 0 bridgehead atoms. The van der Waals surface area contributed by atoms with Crippen LogP contribution >= 0.6 is 11.3 Å². The predicted molar refractivity (Wildman–Crippen MR) is 111 cm³/mol. The molecular formula is C18H23N3O5S3. The topological polar surface area (TPSA) is 118 Å². The molecule has 2 heterocycles. The lowest BCUT2D eigenvalue weighted by molar-refractivity contribution is 0.0702. The Balaban J connectivity index is 1.76. The van der Waals surface area contributed by atoms with Crippen molar-refractivity contribution >= 4 is 37.3 Å². The number of carbonyl (C=O) groups is 1. The van der Waals surface area contributed by atoms with Crippen molar-refractivity contribution in [2.75, 3.05) is 26.2 Å². The van der Waals surface area contributed by atoms with E-state index in [4.69, 9.17) is 5.14 Å². The number of hydrogen-bond donors (Lipinski definition) is 1. The number of sulfonamides is 2. The Kier molecular flexibility index (Phi) is 5.89. The Bertz CT molecular complexity index is 1160. The lowest BCUT2D eigenvalue weighted by atomic mass is 10.2. The maximum absolute atomic E-state index is 13.0. The Hall–Kier alpha value is -1.79. The summed E-state index contributed by atoms with van der Waals surface area (Å²) in [5.41, 5.74) is 2.08. The molecule has 158 valence electrons. The molecule has 1 fully saturated rings. The van der Waals surface area contributed by atoms with Crippen molar-refractivity contribution in [1.29, 1.82) is 0 Å². The molecule has 11 heteroatoms. The fourth-order valence-corrected chi connectivity index (χ4v) is 6.87. The number of nitrogens with zero attached hydrogens (tertiary/aromatic N) is 2. The van der Waals surface area contributed by atoms with Gasteiger partial charge in [0.1, 0.15) is 4.21 Å². The van der Waals surface area contributed by atoms with Gasteiger partial charge in [0, 0.05) is 26.2 Å². The molecule has 0 aliphatic carbocycles. The van der Waals surface area contributed by atoms with Gasteiger partial charge in [0.05, 0.1) is 9.77 Å². The molecule has 0 atom stereocenters. The first-order chi connectivity index (χ1) is 13.4. The van der Waals surface area contributed by atoms with Gasteiger partial charge in [0.25, 0.3) is 5.91 Å². The summed E-state index contributed by atoms with van der Waals surface area (Å²) >= 11 is 0.839. The van der Waals surface area contributed by atoms with Crippen LogP contribution in [0.1, 0.15) is 26.4 Å². The van der Waals surface area contributed by atoms with Gasteiger partial charge in [-0.1, -0.05) is 12.1 Å². The van der Waals surface area contributed by atoms with Gasteiger partial charge >= 0.3 is 0 Å². The van der Waals surface area contributed by atoms with Gasteiger partial charge in [-0.3, -0.25) is 4.79 Å². The summed E-state index contributed by atoms with van der Waals surface area (Å²) in [5, 5.41) is 5.15. The quantitative estimate of drug-likeness (QED) is 0.746. The minimum atomic E-state index is -3.87. The predicted octanol–water partition coefficient (Wildman–Crippen LogP) is 1.47. The third-order valence-corrected chi connectivity index (χ3v) is 9.54. The molecule has 1 amide bonds. The van der Waals surface area contributed by atoms with Crippen LogP contribution in [-0.2, 0) is 20.0 Å². The molecule has 0 spiro atoms. The van der Waals surface area contributed by atoms with E-state index in [1.807, 2.05) is 13.0 Å². The van der Waals surface area contributed by atoms with Crippen LogP contribution in [0.25, 0.3) is 0 Å². The van der Waals surface area contributed by atoms with Crippen molar-refractivity contribution in [3.63, 3.8) is 0 Å². The highest BCUT2D eigenvalue weighted by molar-refractivity contribution is 7.91. The van der Waals surface area contributed by atoms with E-state index in [2.05, 4.69) is 0 Å². The normalized spacial score (nSPS) is 16.2. The zero-order chi connectivity index (χ0) is 21.6. The Morgan fingerprint density at radius 1 is 0.966 bits per heavy atom. The molecule has 2 N–H and O–H groups in total. The van der Waals surface area contributed by atoms with Crippen LogP contribution in [0.5, 0.6) is 0 Å². The summed E-state index contributed by atoms with van der Waals surface area (Å²) in [6, 6.07) is 6.69. The summed E-state index contributed by atoms with van der Waals surface area (Å²) < 4.78 is 50.4. The number of piperazine rings is 1. The molecule has 0 unspecified atom stereocenters. The Morgan fingerprint density at radius 2 is 1.59 bits per heavy atom. The number of hydrogen-bond acceptors (Lipinski definition) is 6. The van der Waals surface area contributed by atoms with Crippen LogP contribution < -0.4 is 5.14 Å². The maximum atomic E-state index is 13.0. The second-order valence-corrected chi connectivity index (χ2v) is 11.8. The van der Waals surface area contributed by atoms with E-state index < -0.39 is 20.0 Å². The van der Waals surface area contributed by atoms with E-state index in [0.29, 0.717) is 16.0 Å². The largest absolute Gasteiger partial charge is 0.335 e. The molecule has 1 aliphatic heterocycles. The molecule has 0 saturated carbocycles. The average Bonchev–Trinajstić information content (AvgIpc) is 3.05. The first-order valence-corrected chi connectivity index (χ1v) is 12.7. The van der Waals surface area contributed by atoms with Gasteiger partial charge in [0.15, 0.2) is 0 Å². The summed E-state index contributed by atoms with van der Waals surface area (Å²) in [4.78, 5) is 14.9. The molecule has 8 nitrogen and oxygen atoms in total. The number of carbonyl (C=O) groups excluding carboxylic acids is 1. The maximum Gasteiger partial charge on any atom is 0.264 e. The molecule has 29 heavy (non-hydrogen) atoms. The summed E-state index contributed by atoms with van der Waals surface area (Å²) in [5.74, 6) is -0.314. The zero-order valence-corrected chi connectivity index (χ0v) is 18.8. The number of aryl methyl sites for hydroxylation is 3. The number of amides is 1. The van der Waals surface area contributed by atoms with Crippen LogP contribution in [0.15, 0.2) is 33.4 Å². The van der Waals surface area contributed by atoms with Crippen molar-refractivity contribution in [3.05, 3.63) is 45.8 Å². The van der Waals surface area contributed by atoms with Gasteiger partial charge in [0.2, 0.25) is 20.0 Å². The zero-order valence-electron chi connectivity index (χ0n) is 16.4. The van der Waals surface area contributed by atoms with Gasteiger partial charge in [-0.15, -0.1) is 11.3 Å². The van der Waals surface area contributed by atoms with Crippen LogP contribution in [0.4, 0.5) is 0 Å². The molecule has 1 aromatic heterocycles. The number of thiophene rings is 1. The summed E-state index contributed by atoms with van der Waals surface area (Å²) in [7, 11) is -7.53. The standard InChI is InChI=1S/C18H23N3O5S3/c1-12-4-5-13(2)15(10-12)29(25,26)21-8-6-20(7-9-21)18(22)17-14(3)11-16(27-17)28(19,23)24/h4-5,10-11H,6-9H2,1-3H3,(H2,19,23,24). The Morgan fingerprint density at radius 3 is 2.14 bits per heavy atom. The van der Waals surface area contributed by atoms with E-state index in [1.165, 1.54) is 10.4 Å². The summed E-state index contributed by atoms with van der Waals surface area (Å²) in [6.45, 7) is 6.06. The third kappa shape index (κ3) is 4.38. The SMILES string of the molecule is Cc1ccc(C)c(S(=O)(=O)N2CCN(C(=O)c3sc(S(N)(=O)=O)cc3C)CC2)c1. The minimum absolute atomic E-state index is 0.0607. The van der Waals surface area contributed by atoms with Crippen molar-refractivity contribution in [2.45, 2.75) is 29.9 Å². The molecule has 1 aliphatic rings. The van der Waals surface area contributed by atoms with Crippen LogP contribution in [0, 0.1) is 20.8 Å². The fraction of sp³-hybridized carbons (Fsp3) is 0.389. The smallest absolute Gasteiger partial charge is 0.264 e. The van der Waals surface area contributed by atoms with Crippen molar-refractivity contribution in [3.8, 4) is 0 Å². The molecule has 1 aromatic carbocycles. The highest BCUT2D eigenvalue weighted by Crippen LogP contribution is 2.28. The van der Waals surface area contributed by atoms with Crippen molar-refractivity contribution < 1.29 is 21.6 Å². The lowest BCUT2D eigenvalue weighted by Crippen LogP contribution is -2.50. The second-order valence-electron chi connectivity index (χ2n) is 7.09. The van der Waals surface area contributed by atoms with Gasteiger partial charge in [-0.2, -0.15) is 4.31 Å². The fourth-order valence-electron chi connectivity index (χ4n) is 3.20. The first kappa shape index (κ1) is 21.9. The number of primary sulfonamides is 1. The van der Waals surface area contributed by atoms with E-state index in [1.54, 1.807) is 30.9 Å². The van der Waals surface area contributed by atoms with Crippen LogP contribution in [-0.4, -0.2) is 58.1 Å². The highest BCUT2D eigenvalue weighted by atomic mass is 32.2. The molecule has 0 radical (unpaired) electrons. The third-order valence-electron chi connectivity index (χ3n) is 4.86. The van der Waals surface area contributed by atoms with E-state index in [-0.39, 0.29) is 41.2 Å². The molecular weight excluding hydrogens is 434 g/mol. The minimum Gasteiger partial charge on any atom is -0.335 e. The average molecular weight is 458 g/mol. The molecule has 1 saturated heterocycles. The first-order valence-electron chi connectivity index (χ1n) is 8.91. The van der Waals surface area contributed by atoms with Gasteiger partial charge < -0.3 is 4.90 Å². The number of rotatable bonds is 4. The van der Waals surface area contributed by atoms with Crippen molar-refractivity contribution in [1.82, 2.24) is 9.21 Å². The number of nitrogens with two attached hydrogens (primary N) is 1. The summed E-state index contributed by atoms with van der Waals surface area (Å²) in [6.07, 6.45) is 0. The van der Waals surface area contributed by atoms with Gasteiger partial charge in [-0.25, -0.2) is 22.0 Å². The van der Waals surface area contributed by atoms with Crippen LogP contribution in [0.2, 0.25) is 0 Å². The second kappa shape index (κ2) is 7.80. The van der Waals surface area contributed by atoms with Crippen LogP contribution in [0.3, 0.4) is 0 Å². The van der Waals surface area contributed by atoms with E-state index in [0.717, 1.165) is 16.9 Å².